The maximum atomic E-state index is 2.27. The minimum atomic E-state index is 1.06. The van der Waals surface area contributed by atoms with Gasteiger partial charge in [0.05, 0.1) is 0 Å². The first-order valence-corrected chi connectivity index (χ1v) is 4.79. The zero-order valence-electron chi connectivity index (χ0n) is 9.02. The highest BCUT2D eigenvalue weighted by atomic mass is 14.0. The normalized spacial score (nSPS) is 9.85. The molecule has 0 aliphatic carbocycles. The zero-order valence-corrected chi connectivity index (χ0v) is 9.02. The number of aryl methyl sites for hydroxylation is 2. The van der Waals surface area contributed by atoms with Gasteiger partial charge in [-0.1, -0.05) is 29.8 Å². The van der Waals surface area contributed by atoms with Gasteiger partial charge in [-0.05, 0) is 50.8 Å². The van der Waals surface area contributed by atoms with Gasteiger partial charge in [-0.3, -0.25) is 0 Å². The van der Waals surface area contributed by atoms with E-state index in [9.17, 15) is 0 Å². The molecule has 0 atom stereocenters. The van der Waals surface area contributed by atoms with Crippen molar-refractivity contribution < 1.29 is 0 Å². The van der Waals surface area contributed by atoms with Crippen molar-refractivity contribution in [3.63, 3.8) is 0 Å². The lowest BCUT2D eigenvalue weighted by Gasteiger charge is -2.02. The molecule has 0 saturated heterocycles. The molecule has 1 aromatic carbocycles. The standard InChI is InChI=1S/C13H18/c1-10(2)5-7-13-8-6-11(3)12(4)9-13/h5-6,8-9H,7H2,1-4H3. The lowest BCUT2D eigenvalue weighted by molar-refractivity contribution is 1.19. The SMILES string of the molecule is CC(C)=CCc1ccc(C)c(C)c1. The first-order chi connectivity index (χ1) is 6.09. The third kappa shape index (κ3) is 3.06. The summed E-state index contributed by atoms with van der Waals surface area (Å²) in [4.78, 5) is 0. The van der Waals surface area contributed by atoms with E-state index in [4.69, 9.17) is 0 Å². The van der Waals surface area contributed by atoms with Crippen LogP contribution in [0.15, 0.2) is 29.8 Å². The van der Waals surface area contributed by atoms with Crippen LogP contribution in [0.3, 0.4) is 0 Å². The van der Waals surface area contributed by atoms with Gasteiger partial charge in [0.15, 0.2) is 0 Å². The Bertz CT molecular complexity index is 315. The second-order valence-corrected chi connectivity index (χ2v) is 3.90. The summed E-state index contributed by atoms with van der Waals surface area (Å²) in [6, 6.07) is 6.68. The summed E-state index contributed by atoms with van der Waals surface area (Å²) in [7, 11) is 0. The summed E-state index contributed by atoms with van der Waals surface area (Å²) in [5.41, 5.74) is 5.56. The van der Waals surface area contributed by atoms with Crippen LogP contribution in [0.4, 0.5) is 0 Å². The predicted octanol–water partition coefficient (Wildman–Crippen LogP) is 3.81. The van der Waals surface area contributed by atoms with Crippen LogP contribution in [0.1, 0.15) is 30.5 Å². The second-order valence-electron chi connectivity index (χ2n) is 3.90. The van der Waals surface area contributed by atoms with E-state index in [1.54, 1.807) is 0 Å². The molecular weight excluding hydrogens is 156 g/mol. The van der Waals surface area contributed by atoms with Gasteiger partial charge in [0.1, 0.15) is 0 Å². The highest BCUT2D eigenvalue weighted by Gasteiger charge is 1.94. The van der Waals surface area contributed by atoms with Gasteiger partial charge in [-0.25, -0.2) is 0 Å². The first-order valence-electron chi connectivity index (χ1n) is 4.79. The van der Waals surface area contributed by atoms with E-state index >= 15 is 0 Å². The molecule has 1 aromatic rings. The van der Waals surface area contributed by atoms with Gasteiger partial charge in [0, 0.05) is 0 Å². The van der Waals surface area contributed by atoms with E-state index in [1.165, 1.54) is 22.3 Å². The fraction of sp³-hybridized carbons (Fsp3) is 0.385. The first kappa shape index (κ1) is 10.0. The molecule has 0 N–H and O–H groups in total. The summed E-state index contributed by atoms with van der Waals surface area (Å²) in [6.45, 7) is 8.60. The van der Waals surface area contributed by atoms with E-state index in [2.05, 4.69) is 52.0 Å². The Balaban J connectivity index is 2.80. The molecule has 0 nitrogen and oxygen atoms in total. The molecule has 0 unspecified atom stereocenters. The molecule has 0 heterocycles. The highest BCUT2D eigenvalue weighted by molar-refractivity contribution is 5.31. The summed E-state index contributed by atoms with van der Waals surface area (Å²) >= 11 is 0. The minimum absolute atomic E-state index is 1.06. The van der Waals surface area contributed by atoms with Gasteiger partial charge in [-0.2, -0.15) is 0 Å². The number of hydrogen-bond acceptors (Lipinski definition) is 0. The minimum Gasteiger partial charge on any atom is -0.0815 e. The number of hydrogen-bond donors (Lipinski definition) is 0. The highest BCUT2D eigenvalue weighted by Crippen LogP contribution is 2.11. The fourth-order valence-electron chi connectivity index (χ4n) is 1.25. The molecule has 0 heteroatoms. The summed E-state index contributed by atoms with van der Waals surface area (Å²) in [6.07, 6.45) is 3.33. The lowest BCUT2D eigenvalue weighted by Crippen LogP contribution is -1.86. The quantitative estimate of drug-likeness (QED) is 0.598. The molecule has 13 heavy (non-hydrogen) atoms. The van der Waals surface area contributed by atoms with Crippen LogP contribution < -0.4 is 0 Å². The Morgan fingerprint density at radius 2 is 1.85 bits per heavy atom. The Hall–Kier alpha value is -1.04. The van der Waals surface area contributed by atoms with Crippen LogP contribution >= 0.6 is 0 Å². The van der Waals surface area contributed by atoms with E-state index < -0.39 is 0 Å². The Labute approximate surface area is 81.3 Å². The smallest absolute Gasteiger partial charge is 0.00949 e. The third-order valence-electron chi connectivity index (χ3n) is 2.32. The average Bonchev–Trinajstić information content (AvgIpc) is 2.07. The largest absolute Gasteiger partial charge is 0.0815 e. The van der Waals surface area contributed by atoms with Crippen molar-refractivity contribution in [2.75, 3.05) is 0 Å². The molecule has 0 radical (unpaired) electrons. The summed E-state index contributed by atoms with van der Waals surface area (Å²) in [5, 5.41) is 0. The van der Waals surface area contributed by atoms with E-state index in [0.717, 1.165) is 6.42 Å². The Kier molecular flexibility index (Phi) is 3.30. The zero-order chi connectivity index (χ0) is 9.84. The van der Waals surface area contributed by atoms with Gasteiger partial charge >= 0.3 is 0 Å². The van der Waals surface area contributed by atoms with Crippen LogP contribution in [-0.2, 0) is 6.42 Å². The number of rotatable bonds is 2. The number of benzene rings is 1. The molecule has 0 aliphatic heterocycles. The lowest BCUT2D eigenvalue weighted by atomic mass is 10.0. The maximum absolute atomic E-state index is 2.27. The summed E-state index contributed by atoms with van der Waals surface area (Å²) in [5.74, 6) is 0. The van der Waals surface area contributed by atoms with Crippen LogP contribution in [-0.4, -0.2) is 0 Å². The van der Waals surface area contributed by atoms with Crippen molar-refractivity contribution >= 4 is 0 Å². The Morgan fingerprint density at radius 1 is 1.15 bits per heavy atom. The Morgan fingerprint density at radius 3 is 2.38 bits per heavy atom. The van der Waals surface area contributed by atoms with Crippen LogP contribution in [0.5, 0.6) is 0 Å². The van der Waals surface area contributed by atoms with Crippen LogP contribution in [0.25, 0.3) is 0 Å². The van der Waals surface area contributed by atoms with Gasteiger partial charge in [0.25, 0.3) is 0 Å². The molecule has 0 aromatic heterocycles. The molecule has 0 bridgehead atoms. The van der Waals surface area contributed by atoms with Crippen molar-refractivity contribution in [1.82, 2.24) is 0 Å². The van der Waals surface area contributed by atoms with E-state index in [-0.39, 0.29) is 0 Å². The van der Waals surface area contributed by atoms with Crippen molar-refractivity contribution in [3.8, 4) is 0 Å². The molecule has 0 spiro atoms. The second kappa shape index (κ2) is 4.27. The van der Waals surface area contributed by atoms with Crippen LogP contribution in [0.2, 0.25) is 0 Å². The van der Waals surface area contributed by atoms with Gasteiger partial charge in [-0.15, -0.1) is 0 Å². The molecule has 1 rings (SSSR count). The average molecular weight is 174 g/mol. The molecule has 0 aliphatic rings. The van der Waals surface area contributed by atoms with Crippen LogP contribution in [0, 0.1) is 13.8 Å². The van der Waals surface area contributed by atoms with E-state index in [1.807, 2.05) is 0 Å². The monoisotopic (exact) mass is 174 g/mol. The van der Waals surface area contributed by atoms with Crippen molar-refractivity contribution in [1.29, 1.82) is 0 Å². The van der Waals surface area contributed by atoms with Gasteiger partial charge < -0.3 is 0 Å². The topological polar surface area (TPSA) is 0 Å². The fourth-order valence-corrected chi connectivity index (χ4v) is 1.25. The molecular formula is C13H18. The summed E-state index contributed by atoms with van der Waals surface area (Å²) < 4.78 is 0. The van der Waals surface area contributed by atoms with Crippen molar-refractivity contribution in [2.24, 2.45) is 0 Å². The molecule has 70 valence electrons. The number of allylic oxidation sites excluding steroid dienone is 2. The van der Waals surface area contributed by atoms with Gasteiger partial charge in [0.2, 0.25) is 0 Å². The predicted molar refractivity (Wildman–Crippen MR) is 59.1 cm³/mol. The molecule has 0 fully saturated rings. The maximum Gasteiger partial charge on any atom is -0.00949 e. The molecule has 0 saturated carbocycles. The van der Waals surface area contributed by atoms with Crippen molar-refractivity contribution in [3.05, 3.63) is 46.5 Å². The third-order valence-corrected chi connectivity index (χ3v) is 2.32. The van der Waals surface area contributed by atoms with Crippen molar-refractivity contribution in [2.45, 2.75) is 34.1 Å². The van der Waals surface area contributed by atoms with E-state index in [0.29, 0.717) is 0 Å². The molecule has 0 amide bonds.